The zero-order valence-corrected chi connectivity index (χ0v) is 12.1. The first-order valence-electron chi connectivity index (χ1n) is 6.32. The van der Waals surface area contributed by atoms with Gasteiger partial charge in [0.15, 0.2) is 6.79 Å². The second-order valence-electron chi connectivity index (χ2n) is 3.08. The number of ether oxygens (including phenoxy) is 2. The van der Waals surface area contributed by atoms with Gasteiger partial charge in [-0.15, -0.1) is 0 Å². The van der Waals surface area contributed by atoms with Gasteiger partial charge in [0.2, 0.25) is 0 Å². The molecule has 0 saturated carbocycles. The maximum absolute atomic E-state index is 11.1. The highest BCUT2D eigenvalue weighted by Gasteiger charge is 2.04. The number of esters is 1. The SMILES string of the molecule is CC.CCCC.COCOC(=O)c1cccnc1. The second-order valence-corrected chi connectivity index (χ2v) is 3.08. The van der Waals surface area contributed by atoms with E-state index in [1.54, 1.807) is 18.3 Å². The van der Waals surface area contributed by atoms with Crippen LogP contribution < -0.4 is 0 Å². The van der Waals surface area contributed by atoms with Gasteiger partial charge in [-0.1, -0.05) is 40.5 Å². The number of aromatic nitrogens is 1. The Hall–Kier alpha value is -1.42. The van der Waals surface area contributed by atoms with Crippen LogP contribution >= 0.6 is 0 Å². The molecular formula is C14H25NO3. The van der Waals surface area contributed by atoms with Crippen LogP contribution in [0.2, 0.25) is 0 Å². The Labute approximate surface area is 110 Å². The standard InChI is InChI=1S/C8H9NO3.C4H10.C2H6/c1-11-6-12-8(10)7-3-2-4-9-5-7;1-3-4-2;1-2/h2-5H,6H2,1H3;3-4H2,1-2H3;1-2H3. The first-order valence-corrected chi connectivity index (χ1v) is 6.32. The van der Waals surface area contributed by atoms with Gasteiger partial charge in [0, 0.05) is 19.5 Å². The minimum absolute atomic E-state index is 0.0340. The molecule has 0 bridgehead atoms. The molecule has 0 atom stereocenters. The largest absolute Gasteiger partial charge is 0.435 e. The fraction of sp³-hybridized carbons (Fsp3) is 0.571. The van der Waals surface area contributed by atoms with Crippen molar-refractivity contribution in [3.63, 3.8) is 0 Å². The minimum atomic E-state index is -0.426. The lowest BCUT2D eigenvalue weighted by atomic mass is 10.3. The number of rotatable bonds is 4. The molecule has 0 saturated heterocycles. The summed E-state index contributed by atoms with van der Waals surface area (Å²) in [5, 5.41) is 0. The molecule has 0 N–H and O–H groups in total. The second kappa shape index (κ2) is 15.6. The average Bonchev–Trinajstić information content (AvgIpc) is 2.48. The van der Waals surface area contributed by atoms with Gasteiger partial charge in [-0.25, -0.2) is 4.79 Å². The van der Waals surface area contributed by atoms with Gasteiger partial charge in [-0.3, -0.25) is 4.98 Å². The molecule has 0 aliphatic heterocycles. The molecule has 104 valence electrons. The quantitative estimate of drug-likeness (QED) is 0.608. The summed E-state index contributed by atoms with van der Waals surface area (Å²) < 4.78 is 9.25. The van der Waals surface area contributed by atoms with Crippen LogP contribution in [0, 0.1) is 0 Å². The number of hydrogen-bond acceptors (Lipinski definition) is 4. The molecule has 18 heavy (non-hydrogen) atoms. The van der Waals surface area contributed by atoms with E-state index in [0.717, 1.165) is 0 Å². The van der Waals surface area contributed by atoms with Crippen LogP contribution in [-0.4, -0.2) is 24.9 Å². The van der Waals surface area contributed by atoms with Crippen molar-refractivity contribution in [2.24, 2.45) is 0 Å². The number of pyridine rings is 1. The molecule has 1 aromatic rings. The molecule has 4 nitrogen and oxygen atoms in total. The molecule has 0 amide bonds. The number of carbonyl (C=O) groups is 1. The Morgan fingerprint density at radius 3 is 2.28 bits per heavy atom. The lowest BCUT2D eigenvalue weighted by Crippen LogP contribution is -2.07. The molecule has 0 radical (unpaired) electrons. The molecule has 0 spiro atoms. The summed E-state index contributed by atoms with van der Waals surface area (Å²) in [6.45, 7) is 8.33. The fourth-order valence-electron chi connectivity index (χ4n) is 0.679. The van der Waals surface area contributed by atoms with Crippen LogP contribution in [0.25, 0.3) is 0 Å². The highest BCUT2D eigenvalue weighted by atomic mass is 16.7. The minimum Gasteiger partial charge on any atom is -0.435 e. The Kier molecular flexibility index (Phi) is 16.4. The van der Waals surface area contributed by atoms with Gasteiger partial charge < -0.3 is 9.47 Å². The number of methoxy groups -OCH3 is 1. The summed E-state index contributed by atoms with van der Waals surface area (Å²) in [5.41, 5.74) is 0.426. The van der Waals surface area contributed by atoms with Crippen LogP contribution in [0.15, 0.2) is 24.5 Å². The van der Waals surface area contributed by atoms with E-state index < -0.39 is 5.97 Å². The summed E-state index contributed by atoms with van der Waals surface area (Å²) in [5.74, 6) is -0.426. The maximum atomic E-state index is 11.1. The molecule has 1 heterocycles. The molecular weight excluding hydrogens is 230 g/mol. The van der Waals surface area contributed by atoms with Crippen molar-refractivity contribution < 1.29 is 14.3 Å². The summed E-state index contributed by atoms with van der Waals surface area (Å²) in [7, 11) is 1.45. The highest BCUT2D eigenvalue weighted by molar-refractivity contribution is 5.88. The van der Waals surface area contributed by atoms with Crippen molar-refractivity contribution in [2.75, 3.05) is 13.9 Å². The van der Waals surface area contributed by atoms with Crippen LogP contribution in [0.1, 0.15) is 50.9 Å². The van der Waals surface area contributed by atoms with Crippen molar-refractivity contribution in [1.29, 1.82) is 0 Å². The molecule has 1 rings (SSSR count). The summed E-state index contributed by atoms with van der Waals surface area (Å²) >= 11 is 0. The van der Waals surface area contributed by atoms with E-state index in [-0.39, 0.29) is 6.79 Å². The zero-order valence-electron chi connectivity index (χ0n) is 12.1. The van der Waals surface area contributed by atoms with Crippen molar-refractivity contribution in [3.8, 4) is 0 Å². The summed E-state index contributed by atoms with van der Waals surface area (Å²) in [6, 6.07) is 3.30. The molecule has 4 heteroatoms. The Balaban J connectivity index is 0. The zero-order chi connectivity index (χ0) is 14.2. The number of hydrogen-bond donors (Lipinski definition) is 0. The van der Waals surface area contributed by atoms with Crippen molar-refractivity contribution in [1.82, 2.24) is 4.98 Å². The van der Waals surface area contributed by atoms with E-state index in [0.29, 0.717) is 5.56 Å². The highest BCUT2D eigenvalue weighted by Crippen LogP contribution is 1.97. The summed E-state index contributed by atoms with van der Waals surface area (Å²) in [6.07, 6.45) is 5.67. The molecule has 0 fully saturated rings. The van der Waals surface area contributed by atoms with Crippen LogP contribution in [0.4, 0.5) is 0 Å². The predicted molar refractivity (Wildman–Crippen MR) is 73.5 cm³/mol. The third-order valence-corrected chi connectivity index (χ3v) is 1.71. The molecule has 0 aliphatic carbocycles. The van der Waals surface area contributed by atoms with E-state index in [9.17, 15) is 4.79 Å². The van der Waals surface area contributed by atoms with Gasteiger partial charge in [0.25, 0.3) is 0 Å². The number of carbonyl (C=O) groups excluding carboxylic acids is 1. The van der Waals surface area contributed by atoms with Gasteiger partial charge in [0.05, 0.1) is 5.56 Å². The molecule has 0 unspecified atom stereocenters. The van der Waals surface area contributed by atoms with Crippen molar-refractivity contribution >= 4 is 5.97 Å². The van der Waals surface area contributed by atoms with E-state index in [1.807, 2.05) is 13.8 Å². The van der Waals surface area contributed by atoms with Crippen molar-refractivity contribution in [2.45, 2.75) is 40.5 Å². The Morgan fingerprint density at radius 1 is 1.28 bits per heavy atom. The number of nitrogens with zero attached hydrogens (tertiary/aromatic N) is 1. The monoisotopic (exact) mass is 255 g/mol. The van der Waals surface area contributed by atoms with E-state index in [2.05, 4.69) is 28.3 Å². The fourth-order valence-corrected chi connectivity index (χ4v) is 0.679. The predicted octanol–water partition coefficient (Wildman–Crippen LogP) is 3.67. The molecule has 0 aliphatic rings. The van der Waals surface area contributed by atoms with Gasteiger partial charge in [-0.05, 0) is 12.1 Å². The first-order chi connectivity index (χ1) is 8.76. The number of unbranched alkanes of at least 4 members (excludes halogenated alkanes) is 1. The first kappa shape index (κ1) is 18.9. The third-order valence-electron chi connectivity index (χ3n) is 1.71. The van der Waals surface area contributed by atoms with Crippen molar-refractivity contribution in [3.05, 3.63) is 30.1 Å². The van der Waals surface area contributed by atoms with Gasteiger partial charge in [0.1, 0.15) is 0 Å². The van der Waals surface area contributed by atoms with Gasteiger partial charge >= 0.3 is 5.97 Å². The van der Waals surface area contributed by atoms with E-state index >= 15 is 0 Å². The topological polar surface area (TPSA) is 48.4 Å². The van der Waals surface area contributed by atoms with E-state index in [4.69, 9.17) is 0 Å². The maximum Gasteiger partial charge on any atom is 0.341 e. The van der Waals surface area contributed by atoms with Crippen LogP contribution in [0.5, 0.6) is 0 Å². The Bertz CT molecular complexity index is 274. The smallest absolute Gasteiger partial charge is 0.341 e. The lowest BCUT2D eigenvalue weighted by molar-refractivity contribution is -0.0125. The van der Waals surface area contributed by atoms with Crippen LogP contribution in [0.3, 0.4) is 0 Å². The third kappa shape index (κ3) is 11.1. The molecule has 1 aromatic heterocycles. The van der Waals surface area contributed by atoms with E-state index in [1.165, 1.54) is 26.1 Å². The molecule has 0 aromatic carbocycles. The van der Waals surface area contributed by atoms with Gasteiger partial charge in [-0.2, -0.15) is 0 Å². The Morgan fingerprint density at radius 2 is 1.89 bits per heavy atom. The average molecular weight is 255 g/mol. The lowest BCUT2D eigenvalue weighted by Gasteiger charge is -2.01. The van der Waals surface area contributed by atoms with Crippen LogP contribution in [-0.2, 0) is 9.47 Å². The normalized spacial score (nSPS) is 8.28. The summed E-state index contributed by atoms with van der Waals surface area (Å²) in [4.78, 5) is 14.8.